The topological polar surface area (TPSA) is 71.2 Å². The first kappa shape index (κ1) is 15.0. The van der Waals surface area contributed by atoms with Crippen LogP contribution in [-0.2, 0) is 11.4 Å². The van der Waals surface area contributed by atoms with Gasteiger partial charge in [0, 0.05) is 9.37 Å². The van der Waals surface area contributed by atoms with Gasteiger partial charge in [0.1, 0.15) is 5.60 Å². The fourth-order valence-electron chi connectivity index (χ4n) is 2.23. The quantitative estimate of drug-likeness (QED) is 0.807. The molecule has 0 unspecified atom stereocenters. The third-order valence-corrected chi connectivity index (χ3v) is 5.02. The van der Waals surface area contributed by atoms with Crippen molar-refractivity contribution in [1.82, 2.24) is 15.5 Å². The van der Waals surface area contributed by atoms with Gasteiger partial charge in [0.05, 0.1) is 5.75 Å². The van der Waals surface area contributed by atoms with Crippen molar-refractivity contribution >= 4 is 27.7 Å². The van der Waals surface area contributed by atoms with Crippen LogP contribution in [0, 0.1) is 0 Å². The highest BCUT2D eigenvalue weighted by Gasteiger charge is 2.36. The van der Waals surface area contributed by atoms with Crippen LogP contribution in [0.4, 0.5) is 0 Å². The Morgan fingerprint density at radius 3 is 2.71 bits per heavy atom. The lowest BCUT2D eigenvalue weighted by molar-refractivity contribution is -0.0228. The van der Waals surface area contributed by atoms with E-state index >= 15 is 0 Å². The van der Waals surface area contributed by atoms with Gasteiger partial charge in [-0.05, 0) is 50.2 Å². The highest BCUT2D eigenvalue weighted by Crippen LogP contribution is 2.30. The van der Waals surface area contributed by atoms with E-state index in [1.165, 1.54) is 0 Å². The molecular formula is C14H16BrN3O2S. The Labute approximate surface area is 135 Å². The van der Waals surface area contributed by atoms with Crippen LogP contribution in [0.1, 0.15) is 24.6 Å². The number of piperidine rings is 1. The predicted molar refractivity (Wildman–Crippen MR) is 84.0 cm³/mol. The lowest BCUT2D eigenvalue weighted by atomic mass is 9.92. The number of thioether (sulfide) groups is 1. The van der Waals surface area contributed by atoms with E-state index in [0.717, 1.165) is 22.5 Å². The molecule has 0 spiro atoms. The van der Waals surface area contributed by atoms with E-state index in [9.17, 15) is 5.11 Å². The molecule has 1 aromatic heterocycles. The number of hydrogen-bond acceptors (Lipinski definition) is 6. The van der Waals surface area contributed by atoms with Crippen LogP contribution in [0.15, 0.2) is 38.2 Å². The maximum atomic E-state index is 10.5. The minimum Gasteiger partial charge on any atom is -0.380 e. The molecule has 0 aliphatic carbocycles. The van der Waals surface area contributed by atoms with Crippen molar-refractivity contribution in [2.75, 3.05) is 13.1 Å². The Bertz CT molecular complexity index is 597. The summed E-state index contributed by atoms with van der Waals surface area (Å²) in [5.74, 6) is 1.58. The molecule has 112 valence electrons. The summed E-state index contributed by atoms with van der Waals surface area (Å²) in [6, 6.07) is 8.08. The monoisotopic (exact) mass is 369 g/mol. The summed E-state index contributed by atoms with van der Waals surface area (Å²) in [6.07, 6.45) is 1.21. The second kappa shape index (κ2) is 6.48. The second-order valence-electron chi connectivity index (χ2n) is 5.04. The average molecular weight is 370 g/mol. The molecule has 1 aliphatic rings. The van der Waals surface area contributed by atoms with Crippen LogP contribution in [0.2, 0.25) is 0 Å². The molecule has 3 rings (SSSR count). The van der Waals surface area contributed by atoms with Gasteiger partial charge < -0.3 is 14.9 Å². The minimum absolute atomic E-state index is 0.343. The van der Waals surface area contributed by atoms with Crippen molar-refractivity contribution in [3.05, 3.63) is 40.5 Å². The molecule has 0 amide bonds. The van der Waals surface area contributed by atoms with Crippen LogP contribution in [0.3, 0.4) is 0 Å². The summed E-state index contributed by atoms with van der Waals surface area (Å²) in [4.78, 5) is 5.50. The van der Waals surface area contributed by atoms with Crippen molar-refractivity contribution in [3.63, 3.8) is 0 Å². The third kappa shape index (κ3) is 3.66. The van der Waals surface area contributed by atoms with E-state index < -0.39 is 5.60 Å². The number of aromatic nitrogens is 2. The Morgan fingerprint density at radius 1 is 1.29 bits per heavy atom. The number of nitrogens with zero attached hydrogens (tertiary/aromatic N) is 2. The van der Waals surface area contributed by atoms with Gasteiger partial charge in [-0.1, -0.05) is 21.1 Å². The second-order valence-corrected chi connectivity index (χ2v) is 7.00. The molecule has 1 aromatic carbocycles. The van der Waals surface area contributed by atoms with E-state index in [1.54, 1.807) is 11.8 Å². The lowest BCUT2D eigenvalue weighted by Crippen LogP contribution is -2.39. The van der Waals surface area contributed by atoms with Crippen molar-refractivity contribution in [2.24, 2.45) is 0 Å². The number of hydrogen-bond donors (Lipinski definition) is 2. The summed E-state index contributed by atoms with van der Waals surface area (Å²) in [6.45, 7) is 1.53. The molecule has 1 saturated heterocycles. The zero-order chi connectivity index (χ0) is 14.7. The van der Waals surface area contributed by atoms with Crippen molar-refractivity contribution in [2.45, 2.75) is 29.1 Å². The first-order valence-electron chi connectivity index (χ1n) is 6.80. The molecule has 5 nitrogen and oxygen atoms in total. The molecule has 0 saturated carbocycles. The highest BCUT2D eigenvalue weighted by atomic mass is 79.9. The maximum absolute atomic E-state index is 10.5. The Kier molecular flexibility index (Phi) is 4.63. The molecular weight excluding hydrogens is 354 g/mol. The van der Waals surface area contributed by atoms with Gasteiger partial charge in [-0.3, -0.25) is 0 Å². The van der Waals surface area contributed by atoms with Gasteiger partial charge in [-0.2, -0.15) is 4.98 Å². The van der Waals surface area contributed by atoms with Gasteiger partial charge in [0.2, 0.25) is 0 Å². The fourth-order valence-corrected chi connectivity index (χ4v) is 3.24. The summed E-state index contributed by atoms with van der Waals surface area (Å²) in [7, 11) is 0. The van der Waals surface area contributed by atoms with Crippen molar-refractivity contribution in [3.8, 4) is 0 Å². The molecule has 2 heterocycles. The molecule has 1 fully saturated rings. The summed E-state index contributed by atoms with van der Waals surface area (Å²) < 4.78 is 6.31. The van der Waals surface area contributed by atoms with E-state index in [4.69, 9.17) is 4.52 Å². The number of aliphatic hydroxyl groups is 1. The molecule has 0 radical (unpaired) electrons. The standard InChI is InChI=1S/C14H16BrN3O2S/c15-10-1-3-11(4-2-10)21-9-12-17-13(20-18-12)14(19)5-7-16-8-6-14/h1-4,16,19H,5-9H2. The van der Waals surface area contributed by atoms with Crippen LogP contribution < -0.4 is 5.32 Å². The highest BCUT2D eigenvalue weighted by molar-refractivity contribution is 9.10. The van der Waals surface area contributed by atoms with Crippen LogP contribution in [0.5, 0.6) is 0 Å². The molecule has 0 bridgehead atoms. The summed E-state index contributed by atoms with van der Waals surface area (Å²) in [5.41, 5.74) is -0.973. The van der Waals surface area contributed by atoms with E-state index in [-0.39, 0.29) is 0 Å². The summed E-state index contributed by atoms with van der Waals surface area (Å²) in [5, 5.41) is 17.7. The number of nitrogens with one attached hydrogen (secondary N) is 1. The van der Waals surface area contributed by atoms with E-state index in [1.807, 2.05) is 24.3 Å². The van der Waals surface area contributed by atoms with Crippen LogP contribution in [-0.4, -0.2) is 28.3 Å². The molecule has 2 aromatic rings. The smallest absolute Gasteiger partial charge is 0.258 e. The third-order valence-electron chi connectivity index (χ3n) is 3.48. The Morgan fingerprint density at radius 2 is 2.00 bits per heavy atom. The van der Waals surface area contributed by atoms with Gasteiger partial charge >= 0.3 is 0 Å². The number of benzene rings is 1. The van der Waals surface area contributed by atoms with Crippen molar-refractivity contribution < 1.29 is 9.63 Å². The molecule has 21 heavy (non-hydrogen) atoms. The minimum atomic E-state index is -0.973. The fraction of sp³-hybridized carbons (Fsp3) is 0.429. The van der Waals surface area contributed by atoms with Gasteiger partial charge in [-0.15, -0.1) is 11.8 Å². The van der Waals surface area contributed by atoms with Gasteiger partial charge in [0.15, 0.2) is 5.82 Å². The first-order chi connectivity index (χ1) is 10.2. The predicted octanol–water partition coefficient (Wildman–Crippen LogP) is 2.70. The van der Waals surface area contributed by atoms with Crippen LogP contribution >= 0.6 is 27.7 Å². The average Bonchev–Trinajstić information content (AvgIpc) is 2.97. The molecule has 7 heteroatoms. The lowest BCUT2D eigenvalue weighted by Gasteiger charge is -2.28. The van der Waals surface area contributed by atoms with E-state index in [2.05, 4.69) is 31.4 Å². The molecule has 2 N–H and O–H groups in total. The number of halogens is 1. The zero-order valence-electron chi connectivity index (χ0n) is 11.4. The maximum Gasteiger partial charge on any atom is 0.258 e. The summed E-state index contributed by atoms with van der Waals surface area (Å²) >= 11 is 5.05. The molecule has 0 atom stereocenters. The Hall–Kier alpha value is -0.890. The Balaban J connectivity index is 1.63. The SMILES string of the molecule is OC1(c2nc(CSc3ccc(Br)cc3)no2)CCNCC1. The number of rotatable bonds is 4. The van der Waals surface area contributed by atoms with Gasteiger partial charge in [-0.25, -0.2) is 0 Å². The van der Waals surface area contributed by atoms with E-state index in [0.29, 0.717) is 30.3 Å². The molecule has 1 aliphatic heterocycles. The van der Waals surface area contributed by atoms with Crippen LogP contribution in [0.25, 0.3) is 0 Å². The first-order valence-corrected chi connectivity index (χ1v) is 8.58. The zero-order valence-corrected chi connectivity index (χ0v) is 13.8. The normalized spacial score (nSPS) is 17.8. The largest absolute Gasteiger partial charge is 0.380 e. The van der Waals surface area contributed by atoms with Gasteiger partial charge in [0.25, 0.3) is 5.89 Å². The van der Waals surface area contributed by atoms with Crippen molar-refractivity contribution in [1.29, 1.82) is 0 Å².